The number of fused-ring (bicyclic) bond motifs is 3. The first-order chi connectivity index (χ1) is 14.8. The lowest BCUT2D eigenvalue weighted by molar-refractivity contribution is -0.152. The van der Waals surface area contributed by atoms with E-state index in [1.54, 1.807) is 58.5 Å². The second-order valence-corrected chi connectivity index (χ2v) is 9.05. The third-order valence-corrected chi connectivity index (χ3v) is 6.90. The molecule has 0 N–H and O–H groups in total. The van der Waals surface area contributed by atoms with Gasteiger partial charge in [0.05, 0.1) is 26.2 Å². The van der Waals surface area contributed by atoms with Crippen LogP contribution in [0.3, 0.4) is 0 Å². The number of ether oxygens (including phenoxy) is 3. The Balaban J connectivity index is 2.05. The minimum Gasteiger partial charge on any atom is -0.493 e. The van der Waals surface area contributed by atoms with E-state index in [0.29, 0.717) is 33.1 Å². The number of benzene rings is 1. The molecule has 0 bridgehead atoms. The lowest BCUT2D eigenvalue weighted by Gasteiger charge is -2.28. The Bertz CT molecular complexity index is 1220. The smallest absolute Gasteiger partial charge is 0.331 e. The number of esters is 1. The molecule has 0 atom stereocenters. The average molecular weight is 443 g/mol. The number of hydrogen-bond acceptors (Lipinski definition) is 7. The van der Waals surface area contributed by atoms with Crippen molar-refractivity contribution in [3.05, 3.63) is 39.0 Å². The third kappa shape index (κ3) is 3.39. The average Bonchev–Trinajstić information content (AvgIpc) is 3.33. The highest BCUT2D eigenvalue weighted by atomic mass is 32.1. The van der Waals surface area contributed by atoms with Gasteiger partial charge in [0.25, 0.3) is 5.56 Å². The minimum atomic E-state index is -1.25. The molecule has 1 aliphatic carbocycles. The van der Waals surface area contributed by atoms with Crippen LogP contribution in [0.5, 0.6) is 11.5 Å². The highest BCUT2D eigenvalue weighted by Crippen LogP contribution is 2.38. The van der Waals surface area contributed by atoms with Gasteiger partial charge in [0, 0.05) is 10.4 Å². The van der Waals surface area contributed by atoms with E-state index in [4.69, 9.17) is 19.2 Å². The lowest BCUT2D eigenvalue weighted by atomic mass is 10.0. The zero-order valence-corrected chi connectivity index (χ0v) is 19.2. The fourth-order valence-electron chi connectivity index (χ4n) is 4.13. The number of rotatable bonds is 6. The predicted octanol–water partition coefficient (Wildman–Crippen LogP) is 3.93. The van der Waals surface area contributed by atoms with Crippen LogP contribution in [0, 0.1) is 0 Å². The zero-order chi connectivity index (χ0) is 22.3. The highest BCUT2D eigenvalue weighted by Gasteiger charge is 2.37. The molecule has 0 radical (unpaired) electrons. The monoisotopic (exact) mass is 442 g/mol. The summed E-state index contributed by atoms with van der Waals surface area (Å²) < 4.78 is 17.6. The molecule has 1 aliphatic rings. The molecule has 0 fully saturated rings. The standard InChI is InChI=1S/C23H26N2O5S/c1-6-30-22(27)23(2,3)25-19(13-10-11-15(28-4)16(12-13)29-5)24-20-18(21(25)26)14-8-7-9-17(14)31-20/h10-12H,6-9H2,1-5H3. The maximum atomic E-state index is 13.8. The summed E-state index contributed by atoms with van der Waals surface area (Å²) in [5, 5.41) is 0.624. The molecule has 1 aromatic carbocycles. The van der Waals surface area contributed by atoms with Crippen molar-refractivity contribution in [1.82, 2.24) is 9.55 Å². The first kappa shape index (κ1) is 21.4. The Hall–Kier alpha value is -2.87. The number of hydrogen-bond donors (Lipinski definition) is 0. The molecule has 4 rings (SSSR count). The van der Waals surface area contributed by atoms with Gasteiger partial charge in [0.1, 0.15) is 16.2 Å². The van der Waals surface area contributed by atoms with Crippen molar-refractivity contribution >= 4 is 27.5 Å². The fourth-order valence-corrected chi connectivity index (χ4v) is 5.38. The van der Waals surface area contributed by atoms with Gasteiger partial charge in [0.2, 0.25) is 0 Å². The van der Waals surface area contributed by atoms with Crippen molar-refractivity contribution in [2.24, 2.45) is 0 Å². The highest BCUT2D eigenvalue weighted by molar-refractivity contribution is 7.18. The van der Waals surface area contributed by atoms with Crippen molar-refractivity contribution in [3.63, 3.8) is 0 Å². The number of methoxy groups -OCH3 is 2. The summed E-state index contributed by atoms with van der Waals surface area (Å²) in [5.74, 6) is 1.01. The first-order valence-corrected chi connectivity index (χ1v) is 11.1. The van der Waals surface area contributed by atoms with E-state index in [0.717, 1.165) is 24.8 Å². The Morgan fingerprint density at radius 3 is 2.61 bits per heavy atom. The Kier molecular flexibility index (Phi) is 5.51. The zero-order valence-electron chi connectivity index (χ0n) is 18.4. The van der Waals surface area contributed by atoms with E-state index in [1.807, 2.05) is 6.07 Å². The van der Waals surface area contributed by atoms with E-state index in [-0.39, 0.29) is 12.2 Å². The van der Waals surface area contributed by atoms with Crippen molar-refractivity contribution in [1.29, 1.82) is 0 Å². The molecule has 0 unspecified atom stereocenters. The summed E-state index contributed by atoms with van der Waals surface area (Å²) in [6, 6.07) is 5.35. The van der Waals surface area contributed by atoms with Gasteiger partial charge in [-0.3, -0.25) is 9.36 Å². The van der Waals surface area contributed by atoms with Crippen molar-refractivity contribution < 1.29 is 19.0 Å². The van der Waals surface area contributed by atoms with Crippen LogP contribution >= 0.6 is 11.3 Å². The summed E-state index contributed by atoms with van der Waals surface area (Å²) in [4.78, 5) is 33.5. The molecule has 0 saturated heterocycles. The van der Waals surface area contributed by atoms with Gasteiger partial charge in [0.15, 0.2) is 11.5 Å². The first-order valence-electron chi connectivity index (χ1n) is 10.3. The topological polar surface area (TPSA) is 79.7 Å². The largest absolute Gasteiger partial charge is 0.493 e. The normalized spacial score (nSPS) is 13.3. The van der Waals surface area contributed by atoms with Gasteiger partial charge in [-0.15, -0.1) is 11.3 Å². The SMILES string of the molecule is CCOC(=O)C(C)(C)n1c(-c2ccc(OC)c(OC)c2)nc2sc3c(c2c1=O)CCC3. The van der Waals surface area contributed by atoms with E-state index in [9.17, 15) is 9.59 Å². The number of thiophene rings is 1. The molecule has 7 nitrogen and oxygen atoms in total. The molecule has 164 valence electrons. The summed E-state index contributed by atoms with van der Waals surface area (Å²) in [5.41, 5.74) is 0.268. The molecular formula is C23H26N2O5S. The molecule has 2 aromatic heterocycles. The van der Waals surface area contributed by atoms with Crippen LogP contribution in [0.15, 0.2) is 23.0 Å². The number of nitrogens with zero attached hydrogens (tertiary/aromatic N) is 2. The van der Waals surface area contributed by atoms with Crippen LogP contribution in [0.2, 0.25) is 0 Å². The van der Waals surface area contributed by atoms with Crippen molar-refractivity contribution in [2.75, 3.05) is 20.8 Å². The number of carbonyl (C=O) groups excluding carboxylic acids is 1. The van der Waals surface area contributed by atoms with Crippen LogP contribution in [0.4, 0.5) is 0 Å². The van der Waals surface area contributed by atoms with Crippen molar-refractivity contribution in [2.45, 2.75) is 45.6 Å². The molecule has 31 heavy (non-hydrogen) atoms. The molecule has 0 amide bonds. The van der Waals surface area contributed by atoms with Gasteiger partial charge in [-0.25, -0.2) is 9.78 Å². The number of carbonyl (C=O) groups is 1. The van der Waals surface area contributed by atoms with Gasteiger partial charge in [-0.05, 0) is 63.8 Å². The Morgan fingerprint density at radius 1 is 1.19 bits per heavy atom. The molecule has 2 heterocycles. The third-order valence-electron chi connectivity index (χ3n) is 5.71. The minimum absolute atomic E-state index is 0.216. The molecule has 0 spiro atoms. The van der Waals surface area contributed by atoms with E-state index in [2.05, 4.69) is 0 Å². The quantitative estimate of drug-likeness (QED) is 0.538. The van der Waals surface area contributed by atoms with Gasteiger partial charge >= 0.3 is 5.97 Å². The summed E-state index contributed by atoms with van der Waals surface area (Å²) in [7, 11) is 3.12. The molecule has 0 saturated carbocycles. The van der Waals surface area contributed by atoms with Crippen LogP contribution < -0.4 is 15.0 Å². The molecule has 0 aliphatic heterocycles. The molecule has 8 heteroatoms. The van der Waals surface area contributed by atoms with Gasteiger partial charge in [-0.1, -0.05) is 0 Å². The maximum absolute atomic E-state index is 13.8. The summed E-state index contributed by atoms with van der Waals surface area (Å²) in [6.45, 7) is 5.36. The van der Waals surface area contributed by atoms with Crippen molar-refractivity contribution in [3.8, 4) is 22.9 Å². The van der Waals surface area contributed by atoms with E-state index < -0.39 is 11.5 Å². The van der Waals surface area contributed by atoms with Gasteiger partial charge in [-0.2, -0.15) is 0 Å². The fraction of sp³-hybridized carbons (Fsp3) is 0.435. The molecular weight excluding hydrogens is 416 g/mol. The predicted molar refractivity (Wildman–Crippen MR) is 120 cm³/mol. The summed E-state index contributed by atoms with van der Waals surface area (Å²) in [6.07, 6.45) is 2.86. The number of aromatic nitrogens is 2. The number of aryl methyl sites for hydroxylation is 2. The lowest BCUT2D eigenvalue weighted by Crippen LogP contribution is -2.45. The van der Waals surface area contributed by atoms with Gasteiger partial charge < -0.3 is 14.2 Å². The van der Waals surface area contributed by atoms with Crippen LogP contribution in [0.1, 0.15) is 37.6 Å². The second-order valence-electron chi connectivity index (χ2n) is 7.96. The maximum Gasteiger partial charge on any atom is 0.331 e. The van der Waals surface area contributed by atoms with E-state index in [1.165, 1.54) is 9.44 Å². The van der Waals surface area contributed by atoms with Crippen LogP contribution in [-0.4, -0.2) is 36.3 Å². The Morgan fingerprint density at radius 2 is 1.94 bits per heavy atom. The van der Waals surface area contributed by atoms with Crippen LogP contribution in [-0.2, 0) is 27.9 Å². The Labute approximate surface area is 184 Å². The molecule has 3 aromatic rings. The summed E-state index contributed by atoms with van der Waals surface area (Å²) >= 11 is 1.57. The van der Waals surface area contributed by atoms with Crippen LogP contribution in [0.25, 0.3) is 21.6 Å². The van der Waals surface area contributed by atoms with E-state index >= 15 is 0 Å². The second kappa shape index (κ2) is 8.00.